The highest BCUT2D eigenvalue weighted by atomic mass is 31.2. The molecule has 2 rings (SSSR count). The average molecular weight is 364 g/mol. The second-order valence-corrected chi connectivity index (χ2v) is 6.33. The number of hydrogen-bond donors (Lipinski definition) is 4. The number of esters is 1. The molecule has 1 aliphatic heterocycles. The summed E-state index contributed by atoms with van der Waals surface area (Å²) in [6, 6.07) is 3.05. The smallest absolute Gasteiger partial charge is 0.462 e. The van der Waals surface area contributed by atoms with Crippen LogP contribution < -0.4 is 4.57 Å². The third-order valence-electron chi connectivity index (χ3n) is 3.37. The zero-order chi connectivity index (χ0) is 17.9. The Morgan fingerprint density at radius 2 is 2.08 bits per heavy atom. The van der Waals surface area contributed by atoms with Gasteiger partial charge in [0.1, 0.15) is 17.8 Å². The molecule has 1 aliphatic rings. The maximum absolute atomic E-state index is 11.7. The second-order valence-electron chi connectivity index (χ2n) is 5.09. The van der Waals surface area contributed by atoms with Crippen molar-refractivity contribution >= 4 is 13.8 Å². The first-order valence-electron chi connectivity index (χ1n) is 7.12. The Balaban J connectivity index is 2.13. The van der Waals surface area contributed by atoms with Gasteiger partial charge in [-0.25, -0.2) is 9.36 Å². The van der Waals surface area contributed by atoms with Gasteiger partial charge in [0.15, 0.2) is 18.5 Å². The van der Waals surface area contributed by atoms with Crippen molar-refractivity contribution in [2.75, 3.05) is 13.2 Å². The third-order valence-corrected chi connectivity index (χ3v) is 3.86. The van der Waals surface area contributed by atoms with Crippen molar-refractivity contribution in [2.45, 2.75) is 31.5 Å². The number of hydrogen-bond acceptors (Lipinski definition) is 7. The largest absolute Gasteiger partial charge is 0.469 e. The minimum Gasteiger partial charge on any atom is -0.462 e. The number of pyridine rings is 1. The number of carbonyl (C=O) groups is 1. The Labute approximate surface area is 137 Å². The Morgan fingerprint density at radius 1 is 1.38 bits per heavy atom. The molecule has 0 unspecified atom stereocenters. The van der Waals surface area contributed by atoms with Crippen LogP contribution >= 0.6 is 7.82 Å². The van der Waals surface area contributed by atoms with Crippen LogP contribution in [0.4, 0.5) is 0 Å². The number of ether oxygens (including phenoxy) is 2. The maximum atomic E-state index is 11.7. The van der Waals surface area contributed by atoms with Crippen LogP contribution in [0, 0.1) is 0 Å². The van der Waals surface area contributed by atoms with E-state index in [4.69, 9.17) is 19.3 Å². The first-order valence-corrected chi connectivity index (χ1v) is 8.65. The lowest BCUT2D eigenvalue weighted by Gasteiger charge is -2.13. The molecular weight excluding hydrogens is 345 g/mol. The van der Waals surface area contributed by atoms with Gasteiger partial charge in [0, 0.05) is 6.07 Å². The Morgan fingerprint density at radius 3 is 2.71 bits per heavy atom. The molecule has 1 aromatic heterocycles. The number of phosphoric acid groups is 1. The fourth-order valence-corrected chi connectivity index (χ4v) is 2.61. The van der Waals surface area contributed by atoms with Gasteiger partial charge < -0.3 is 29.5 Å². The zero-order valence-electron chi connectivity index (χ0n) is 12.8. The summed E-state index contributed by atoms with van der Waals surface area (Å²) < 4.78 is 26.7. The van der Waals surface area contributed by atoms with Crippen LogP contribution in [0.25, 0.3) is 0 Å². The van der Waals surface area contributed by atoms with Crippen LogP contribution in [0.3, 0.4) is 0 Å². The SMILES string of the molecule is CCOC(=O)c1ccc[n+]([C@@H]2O[C@H](COP(=O)(O)O)[C@@H](O)[C@H]2O)c1. The number of carbonyl (C=O) groups excluding carboxylic acids is 1. The molecule has 1 saturated heterocycles. The fraction of sp³-hybridized carbons (Fsp3) is 0.538. The monoisotopic (exact) mass is 364 g/mol. The predicted molar refractivity (Wildman–Crippen MR) is 76.5 cm³/mol. The quantitative estimate of drug-likeness (QED) is 0.280. The summed E-state index contributed by atoms with van der Waals surface area (Å²) in [5.74, 6) is -0.554. The van der Waals surface area contributed by atoms with Gasteiger partial charge in [-0.05, 0) is 13.0 Å². The summed E-state index contributed by atoms with van der Waals surface area (Å²) in [7, 11) is -4.73. The van der Waals surface area contributed by atoms with Crippen LogP contribution in [0.2, 0.25) is 0 Å². The number of phosphoric ester groups is 1. The summed E-state index contributed by atoms with van der Waals surface area (Å²) in [4.78, 5) is 29.1. The van der Waals surface area contributed by atoms with E-state index in [-0.39, 0.29) is 12.2 Å². The van der Waals surface area contributed by atoms with E-state index in [1.165, 1.54) is 29.1 Å². The van der Waals surface area contributed by atoms with E-state index >= 15 is 0 Å². The van der Waals surface area contributed by atoms with Crippen LogP contribution in [0.5, 0.6) is 0 Å². The maximum Gasteiger partial charge on any atom is 0.469 e. The zero-order valence-corrected chi connectivity index (χ0v) is 13.7. The van der Waals surface area contributed by atoms with Crippen LogP contribution in [0.15, 0.2) is 24.5 Å². The fourth-order valence-electron chi connectivity index (χ4n) is 2.27. The average Bonchev–Trinajstić information content (AvgIpc) is 2.81. The van der Waals surface area contributed by atoms with Crippen molar-refractivity contribution in [3.05, 3.63) is 30.1 Å². The molecular formula is C13H19NO9P+. The van der Waals surface area contributed by atoms with Gasteiger partial charge in [-0.2, -0.15) is 4.57 Å². The standard InChI is InChI=1S/C13H18NO9P/c1-2-21-13(17)8-4-3-5-14(6-8)12-11(16)10(15)9(23-12)7-22-24(18,19)20/h3-6,9-12,15-16H,2,7H2,1H3,(H-,18,19,20)/p+1/t9-,10-,11-,12-/m1/s1. The molecule has 11 heteroatoms. The molecule has 0 radical (unpaired) electrons. The summed E-state index contributed by atoms with van der Waals surface area (Å²) >= 11 is 0. The first kappa shape index (κ1) is 18.9. The molecule has 1 fully saturated rings. The highest BCUT2D eigenvalue weighted by Crippen LogP contribution is 2.37. The van der Waals surface area contributed by atoms with Crippen molar-refractivity contribution in [1.29, 1.82) is 0 Å². The van der Waals surface area contributed by atoms with E-state index in [2.05, 4.69) is 4.52 Å². The molecule has 1 aromatic rings. The van der Waals surface area contributed by atoms with E-state index in [0.717, 1.165) is 0 Å². The second kappa shape index (κ2) is 7.66. The normalized spacial score (nSPS) is 27.2. The number of aliphatic hydroxyl groups is 2. The van der Waals surface area contributed by atoms with Crippen LogP contribution in [-0.2, 0) is 18.6 Å². The molecule has 2 heterocycles. The molecule has 0 aliphatic carbocycles. The van der Waals surface area contributed by atoms with Crippen molar-refractivity contribution in [3.8, 4) is 0 Å². The summed E-state index contributed by atoms with van der Waals surface area (Å²) in [5, 5.41) is 20.0. The first-order chi connectivity index (χ1) is 11.2. The molecule has 134 valence electrons. The molecule has 0 bridgehead atoms. The highest BCUT2D eigenvalue weighted by molar-refractivity contribution is 7.46. The number of nitrogens with zero attached hydrogens (tertiary/aromatic N) is 1. The van der Waals surface area contributed by atoms with E-state index in [9.17, 15) is 19.6 Å². The van der Waals surface area contributed by atoms with Gasteiger partial charge in [-0.1, -0.05) is 0 Å². The van der Waals surface area contributed by atoms with E-state index < -0.39 is 44.9 Å². The van der Waals surface area contributed by atoms with Gasteiger partial charge in [0.2, 0.25) is 0 Å². The molecule has 4 N–H and O–H groups in total. The molecule has 0 amide bonds. The lowest BCUT2D eigenvalue weighted by molar-refractivity contribution is -0.765. The van der Waals surface area contributed by atoms with Gasteiger partial charge in [0.05, 0.1) is 13.2 Å². The van der Waals surface area contributed by atoms with Crippen molar-refractivity contribution < 1.29 is 47.9 Å². The minimum atomic E-state index is -4.73. The summed E-state index contributed by atoms with van der Waals surface area (Å²) in [6.45, 7) is 1.27. The molecule has 24 heavy (non-hydrogen) atoms. The van der Waals surface area contributed by atoms with Gasteiger partial charge in [-0.15, -0.1) is 0 Å². The predicted octanol–water partition coefficient (Wildman–Crippen LogP) is -1.12. The Bertz CT molecular complexity index is 634. The van der Waals surface area contributed by atoms with Gasteiger partial charge >= 0.3 is 13.8 Å². The topological polar surface area (TPSA) is 147 Å². The van der Waals surface area contributed by atoms with Crippen molar-refractivity contribution in [1.82, 2.24) is 0 Å². The van der Waals surface area contributed by atoms with Crippen LogP contribution in [-0.4, -0.2) is 57.5 Å². The van der Waals surface area contributed by atoms with E-state index in [1.54, 1.807) is 6.92 Å². The molecule has 0 aromatic carbocycles. The Hall–Kier alpha value is -1.39. The Kier molecular flexibility index (Phi) is 6.05. The number of aliphatic hydroxyl groups excluding tert-OH is 2. The van der Waals surface area contributed by atoms with Crippen molar-refractivity contribution in [2.24, 2.45) is 0 Å². The van der Waals surface area contributed by atoms with Gasteiger partial charge in [0.25, 0.3) is 6.23 Å². The molecule has 0 spiro atoms. The van der Waals surface area contributed by atoms with Gasteiger partial charge in [-0.3, -0.25) is 4.52 Å². The van der Waals surface area contributed by atoms with Crippen LogP contribution in [0.1, 0.15) is 23.5 Å². The minimum absolute atomic E-state index is 0.205. The summed E-state index contributed by atoms with van der Waals surface area (Å²) in [5.41, 5.74) is 0.222. The summed E-state index contributed by atoms with van der Waals surface area (Å²) in [6.07, 6.45) is -2.10. The third kappa shape index (κ3) is 4.58. The lowest BCUT2D eigenvalue weighted by Crippen LogP contribution is -2.46. The molecule has 10 nitrogen and oxygen atoms in total. The number of aromatic nitrogens is 1. The number of rotatable bonds is 6. The van der Waals surface area contributed by atoms with Crippen molar-refractivity contribution in [3.63, 3.8) is 0 Å². The lowest BCUT2D eigenvalue weighted by atomic mass is 10.1. The van der Waals surface area contributed by atoms with E-state index in [1.807, 2.05) is 0 Å². The molecule has 4 atom stereocenters. The van der Waals surface area contributed by atoms with E-state index in [0.29, 0.717) is 0 Å². The highest BCUT2D eigenvalue weighted by Gasteiger charge is 2.49. The molecule has 0 saturated carbocycles.